The van der Waals surface area contributed by atoms with E-state index >= 15 is 0 Å². The minimum atomic E-state index is -5.08. The van der Waals surface area contributed by atoms with Gasteiger partial charge in [0.15, 0.2) is 0 Å². The topological polar surface area (TPSA) is 87.2 Å². The van der Waals surface area contributed by atoms with Crippen LogP contribution in [0, 0.1) is 5.92 Å². The van der Waals surface area contributed by atoms with Gasteiger partial charge in [-0.25, -0.2) is 4.79 Å². The summed E-state index contributed by atoms with van der Waals surface area (Å²) in [5, 5.41) is 7.12. The number of likely N-dealkylation sites (tertiary alicyclic amines) is 2. The van der Waals surface area contributed by atoms with Crippen LogP contribution in [0.1, 0.15) is 33.6 Å². The summed E-state index contributed by atoms with van der Waals surface area (Å²) in [7, 11) is 1.58. The van der Waals surface area contributed by atoms with E-state index in [1.807, 2.05) is 52.3 Å². The predicted molar refractivity (Wildman–Crippen MR) is 117 cm³/mol. The van der Waals surface area contributed by atoms with Gasteiger partial charge in [0, 0.05) is 25.2 Å². The minimum Gasteiger partial charge on any atom is -0.496 e. The summed E-state index contributed by atoms with van der Waals surface area (Å²) in [4.78, 5) is 38.7. The molecule has 34 heavy (non-hydrogen) atoms. The number of para-hydroxylation sites is 1. The molecular formula is C24H25F3N2O5. The maximum absolute atomic E-state index is 13.1. The first-order valence-electron chi connectivity index (χ1n) is 10.7. The van der Waals surface area contributed by atoms with Gasteiger partial charge in [-0.05, 0) is 43.0 Å². The number of fused-ring (bicyclic) bond motifs is 1. The van der Waals surface area contributed by atoms with Gasteiger partial charge in [-0.15, -0.1) is 0 Å². The predicted octanol–water partition coefficient (Wildman–Crippen LogP) is 3.71. The summed E-state index contributed by atoms with van der Waals surface area (Å²) in [6, 6.07) is 16.8. The molecule has 2 heterocycles. The van der Waals surface area contributed by atoms with Gasteiger partial charge in [-0.1, -0.05) is 30.3 Å². The number of piperidine rings is 1. The molecule has 0 bridgehead atoms. The van der Waals surface area contributed by atoms with Gasteiger partial charge in [0.05, 0.1) is 18.7 Å². The van der Waals surface area contributed by atoms with Crippen LogP contribution in [0.5, 0.6) is 5.75 Å². The zero-order valence-corrected chi connectivity index (χ0v) is 18.5. The van der Waals surface area contributed by atoms with Crippen molar-refractivity contribution in [3.8, 4) is 5.75 Å². The molecule has 0 aliphatic carbocycles. The van der Waals surface area contributed by atoms with E-state index in [1.165, 1.54) is 0 Å². The maximum atomic E-state index is 13.1. The Balaban J connectivity index is 0.000000406. The Hall–Kier alpha value is -3.56. The lowest BCUT2D eigenvalue weighted by atomic mass is 9.91. The number of hydrogen-bond donors (Lipinski definition) is 1. The number of halogens is 3. The Labute approximate surface area is 194 Å². The largest absolute Gasteiger partial charge is 0.496 e. The van der Waals surface area contributed by atoms with Crippen molar-refractivity contribution in [2.75, 3.05) is 26.7 Å². The van der Waals surface area contributed by atoms with Gasteiger partial charge >= 0.3 is 12.1 Å². The third-order valence-electron chi connectivity index (χ3n) is 6.01. The van der Waals surface area contributed by atoms with Gasteiger partial charge in [-0.3, -0.25) is 9.59 Å². The minimum absolute atomic E-state index is 0.0232. The van der Waals surface area contributed by atoms with E-state index in [0.29, 0.717) is 29.3 Å². The molecule has 2 atom stereocenters. The van der Waals surface area contributed by atoms with Crippen LogP contribution in [0.15, 0.2) is 54.6 Å². The van der Waals surface area contributed by atoms with Crippen molar-refractivity contribution in [2.24, 2.45) is 5.92 Å². The van der Waals surface area contributed by atoms with Crippen molar-refractivity contribution in [1.29, 1.82) is 0 Å². The lowest BCUT2D eigenvalue weighted by molar-refractivity contribution is -0.192. The summed E-state index contributed by atoms with van der Waals surface area (Å²) >= 11 is 0. The summed E-state index contributed by atoms with van der Waals surface area (Å²) in [5.41, 5.74) is 1.30. The molecule has 0 saturated carbocycles. The van der Waals surface area contributed by atoms with Gasteiger partial charge in [0.1, 0.15) is 5.75 Å². The molecule has 2 unspecified atom stereocenters. The molecule has 182 valence electrons. The third kappa shape index (κ3) is 5.67. The number of carbonyl (C=O) groups excluding carboxylic acids is 2. The number of ether oxygens (including phenoxy) is 1. The Morgan fingerprint density at radius 3 is 2.15 bits per heavy atom. The summed E-state index contributed by atoms with van der Waals surface area (Å²) in [6.45, 7) is 2.07. The number of benzene rings is 2. The van der Waals surface area contributed by atoms with E-state index in [1.54, 1.807) is 19.2 Å². The summed E-state index contributed by atoms with van der Waals surface area (Å²) < 4.78 is 37.1. The number of amides is 2. The van der Waals surface area contributed by atoms with Gasteiger partial charge in [0.2, 0.25) is 0 Å². The van der Waals surface area contributed by atoms with Crippen LogP contribution in [-0.2, 0) is 4.79 Å². The van der Waals surface area contributed by atoms with Crippen LogP contribution in [0.2, 0.25) is 0 Å². The van der Waals surface area contributed by atoms with Crippen LogP contribution >= 0.6 is 0 Å². The highest BCUT2D eigenvalue weighted by molar-refractivity contribution is 5.97. The van der Waals surface area contributed by atoms with Crippen LogP contribution in [0.4, 0.5) is 13.2 Å². The first-order chi connectivity index (χ1) is 16.1. The normalized spacial score (nSPS) is 19.5. The molecule has 7 nitrogen and oxygen atoms in total. The number of rotatable bonds is 3. The quantitative estimate of drug-likeness (QED) is 0.727. The lowest BCUT2D eigenvalue weighted by Gasteiger charge is -2.38. The molecule has 2 amide bonds. The van der Waals surface area contributed by atoms with E-state index in [9.17, 15) is 22.8 Å². The molecular weight excluding hydrogens is 453 g/mol. The fourth-order valence-electron chi connectivity index (χ4n) is 4.32. The number of hydrogen-bond acceptors (Lipinski definition) is 4. The Morgan fingerprint density at radius 2 is 1.53 bits per heavy atom. The van der Waals surface area contributed by atoms with Crippen LogP contribution in [-0.4, -0.2) is 71.7 Å². The average Bonchev–Trinajstić information content (AvgIpc) is 3.26. The van der Waals surface area contributed by atoms with Crippen molar-refractivity contribution >= 4 is 17.8 Å². The molecule has 4 rings (SSSR count). The second-order valence-corrected chi connectivity index (χ2v) is 8.02. The molecule has 2 saturated heterocycles. The molecule has 0 aromatic heterocycles. The zero-order chi connectivity index (χ0) is 24.9. The second-order valence-electron chi connectivity index (χ2n) is 8.02. The van der Waals surface area contributed by atoms with Crippen molar-refractivity contribution in [3.05, 3.63) is 65.7 Å². The molecule has 2 aromatic rings. The average molecular weight is 478 g/mol. The molecule has 2 aliphatic rings. The SMILES string of the molecule is COc1ccccc1C(=O)N1CCC2CCN(C(=O)c3ccccc3)C2C1.O=C(O)C(F)(F)F. The van der Waals surface area contributed by atoms with Crippen molar-refractivity contribution in [1.82, 2.24) is 9.80 Å². The van der Waals surface area contributed by atoms with E-state index in [-0.39, 0.29) is 17.9 Å². The molecule has 10 heteroatoms. The van der Waals surface area contributed by atoms with Gasteiger partial charge in [-0.2, -0.15) is 13.2 Å². The van der Waals surface area contributed by atoms with Crippen molar-refractivity contribution < 1.29 is 37.4 Å². The lowest BCUT2D eigenvalue weighted by Crippen LogP contribution is -2.51. The van der Waals surface area contributed by atoms with Gasteiger partial charge < -0.3 is 19.6 Å². The number of nitrogens with zero attached hydrogens (tertiary/aromatic N) is 2. The standard InChI is InChI=1S/C22H24N2O3.C2HF3O2/c1-27-20-10-6-5-9-18(20)22(26)23-13-11-16-12-14-24(19(16)15-23)21(25)17-7-3-2-4-8-17;3-2(4,5)1(6)7/h2-10,16,19H,11-15H2,1H3;(H,6,7). The smallest absolute Gasteiger partial charge is 0.490 e. The highest BCUT2D eigenvalue weighted by Crippen LogP contribution is 2.34. The number of carboxylic acids is 1. The van der Waals surface area contributed by atoms with Crippen LogP contribution in [0.25, 0.3) is 0 Å². The van der Waals surface area contributed by atoms with Crippen LogP contribution in [0.3, 0.4) is 0 Å². The van der Waals surface area contributed by atoms with E-state index in [0.717, 1.165) is 25.9 Å². The maximum Gasteiger partial charge on any atom is 0.490 e. The first kappa shape index (κ1) is 25.1. The monoisotopic (exact) mass is 478 g/mol. The number of carboxylic acid groups (broad SMARTS) is 1. The highest BCUT2D eigenvalue weighted by atomic mass is 19.4. The Bertz CT molecular complexity index is 1030. The molecule has 2 aliphatic heterocycles. The fraction of sp³-hybridized carbons (Fsp3) is 0.375. The van der Waals surface area contributed by atoms with Crippen LogP contribution < -0.4 is 4.74 Å². The zero-order valence-electron chi connectivity index (χ0n) is 18.5. The first-order valence-corrected chi connectivity index (χ1v) is 10.7. The second kappa shape index (κ2) is 10.6. The number of methoxy groups -OCH3 is 1. The molecule has 0 spiro atoms. The Kier molecular flexibility index (Phi) is 7.80. The Morgan fingerprint density at radius 1 is 0.941 bits per heavy atom. The van der Waals surface area contributed by atoms with Gasteiger partial charge in [0.25, 0.3) is 11.8 Å². The fourth-order valence-corrected chi connectivity index (χ4v) is 4.32. The number of alkyl halides is 3. The highest BCUT2D eigenvalue weighted by Gasteiger charge is 2.42. The third-order valence-corrected chi connectivity index (χ3v) is 6.01. The molecule has 2 aromatic carbocycles. The van der Waals surface area contributed by atoms with E-state index in [4.69, 9.17) is 14.6 Å². The summed E-state index contributed by atoms with van der Waals surface area (Å²) in [5.74, 6) is -1.65. The number of carbonyl (C=O) groups is 3. The van der Waals surface area contributed by atoms with Crippen molar-refractivity contribution in [3.63, 3.8) is 0 Å². The van der Waals surface area contributed by atoms with E-state index < -0.39 is 12.1 Å². The molecule has 2 fully saturated rings. The molecule has 0 radical (unpaired) electrons. The molecule has 1 N–H and O–H groups in total. The number of aliphatic carboxylic acids is 1. The summed E-state index contributed by atoms with van der Waals surface area (Å²) in [6.07, 6.45) is -3.13. The van der Waals surface area contributed by atoms with Crippen molar-refractivity contribution in [2.45, 2.75) is 25.1 Å². The van der Waals surface area contributed by atoms with E-state index in [2.05, 4.69) is 0 Å².